The summed E-state index contributed by atoms with van der Waals surface area (Å²) in [5, 5.41) is -0.255. The number of hydrogen-bond acceptors (Lipinski definition) is 1. The van der Waals surface area contributed by atoms with Crippen LogP contribution in [0, 0.1) is 5.13 Å². The second-order valence-electron chi connectivity index (χ2n) is 1.26. The zero-order valence-corrected chi connectivity index (χ0v) is 6.22. The second kappa shape index (κ2) is 2.19. The van der Waals surface area contributed by atoms with Gasteiger partial charge < -0.3 is 0 Å². The summed E-state index contributed by atoms with van der Waals surface area (Å²) in [5.41, 5.74) is 0. The van der Waals surface area contributed by atoms with Crippen molar-refractivity contribution in [2.75, 3.05) is 0 Å². The molecular formula is C4HBBrFS. The van der Waals surface area contributed by atoms with Crippen molar-refractivity contribution in [2.45, 2.75) is 0 Å². The maximum absolute atomic E-state index is 12.1. The van der Waals surface area contributed by atoms with Crippen molar-refractivity contribution in [3.63, 3.8) is 0 Å². The van der Waals surface area contributed by atoms with Crippen LogP contribution in [0.1, 0.15) is 0 Å². The molecule has 0 nitrogen and oxygen atoms in total. The highest BCUT2D eigenvalue weighted by Gasteiger charge is 1.98. The molecule has 0 fully saturated rings. The van der Waals surface area contributed by atoms with Gasteiger partial charge in [0, 0.05) is 4.47 Å². The molecule has 0 aliphatic rings. The fourth-order valence-electron chi connectivity index (χ4n) is 0.354. The summed E-state index contributed by atoms with van der Waals surface area (Å²) < 4.78 is 13.2. The van der Waals surface area contributed by atoms with Crippen LogP contribution in [-0.4, -0.2) is 7.85 Å². The molecule has 1 aromatic heterocycles. The highest BCUT2D eigenvalue weighted by atomic mass is 79.9. The topological polar surface area (TPSA) is 0 Å². The first-order valence-electron chi connectivity index (χ1n) is 1.90. The van der Waals surface area contributed by atoms with Gasteiger partial charge in [0.15, 0.2) is 5.13 Å². The Morgan fingerprint density at radius 1 is 1.75 bits per heavy atom. The van der Waals surface area contributed by atoms with E-state index in [4.69, 9.17) is 7.85 Å². The first kappa shape index (κ1) is 6.30. The van der Waals surface area contributed by atoms with Crippen LogP contribution in [0.3, 0.4) is 0 Å². The van der Waals surface area contributed by atoms with Gasteiger partial charge in [-0.15, -0.1) is 11.3 Å². The molecule has 0 atom stereocenters. The molecule has 40 valence electrons. The average Bonchev–Trinajstić information content (AvgIpc) is 1.85. The molecule has 8 heavy (non-hydrogen) atoms. The first-order valence-corrected chi connectivity index (χ1v) is 3.51. The van der Waals surface area contributed by atoms with Gasteiger partial charge in [-0.2, -0.15) is 4.39 Å². The molecule has 0 spiro atoms. The lowest BCUT2D eigenvalue weighted by Gasteiger charge is -1.77. The molecule has 0 saturated carbocycles. The van der Waals surface area contributed by atoms with E-state index in [1.807, 2.05) is 0 Å². The summed E-state index contributed by atoms with van der Waals surface area (Å²) in [6.45, 7) is 0. The highest BCUT2D eigenvalue weighted by Crippen LogP contribution is 2.13. The fraction of sp³-hybridized carbons (Fsp3) is 0. The van der Waals surface area contributed by atoms with Crippen LogP contribution in [0.25, 0.3) is 0 Å². The van der Waals surface area contributed by atoms with Crippen LogP contribution in [0.15, 0.2) is 10.5 Å². The Labute approximate surface area is 60.3 Å². The third-order valence-electron chi connectivity index (χ3n) is 0.683. The number of halogens is 2. The first-order chi connectivity index (χ1) is 3.70. The lowest BCUT2D eigenvalue weighted by molar-refractivity contribution is 0.657. The van der Waals surface area contributed by atoms with Gasteiger partial charge in [-0.25, -0.2) is 0 Å². The van der Waals surface area contributed by atoms with Gasteiger partial charge in [-0.05, 0) is 10.8 Å². The van der Waals surface area contributed by atoms with Crippen molar-refractivity contribution in [2.24, 2.45) is 0 Å². The van der Waals surface area contributed by atoms with Crippen molar-refractivity contribution in [1.82, 2.24) is 0 Å². The van der Waals surface area contributed by atoms with E-state index in [0.717, 1.165) is 11.3 Å². The van der Waals surface area contributed by atoms with E-state index in [9.17, 15) is 4.39 Å². The van der Waals surface area contributed by atoms with E-state index in [2.05, 4.69) is 15.9 Å². The summed E-state index contributed by atoms with van der Waals surface area (Å²) in [6.07, 6.45) is 0. The molecule has 0 bridgehead atoms. The Morgan fingerprint density at radius 3 is 2.50 bits per heavy atom. The second-order valence-corrected chi connectivity index (χ2v) is 3.15. The van der Waals surface area contributed by atoms with E-state index in [1.54, 1.807) is 0 Å². The van der Waals surface area contributed by atoms with Crippen molar-refractivity contribution in [3.05, 3.63) is 15.7 Å². The molecule has 1 aromatic rings. The zero-order valence-electron chi connectivity index (χ0n) is 3.82. The SMILES string of the molecule is [B]c1sc(F)cc1Br. The minimum atomic E-state index is -0.255. The van der Waals surface area contributed by atoms with Crippen LogP contribution < -0.4 is 4.78 Å². The molecule has 0 amide bonds. The maximum atomic E-state index is 12.1. The fourth-order valence-corrected chi connectivity index (χ4v) is 1.49. The lowest BCUT2D eigenvalue weighted by Crippen LogP contribution is -1.92. The maximum Gasteiger partial charge on any atom is 0.176 e. The van der Waals surface area contributed by atoms with E-state index in [1.165, 1.54) is 6.07 Å². The number of thiophene rings is 1. The van der Waals surface area contributed by atoms with Crippen LogP contribution in [0.5, 0.6) is 0 Å². The monoisotopic (exact) mass is 190 g/mol. The molecule has 2 radical (unpaired) electrons. The summed E-state index contributed by atoms with van der Waals surface area (Å²) >= 11 is 3.99. The van der Waals surface area contributed by atoms with Crippen molar-refractivity contribution in [1.29, 1.82) is 0 Å². The van der Waals surface area contributed by atoms with Crippen LogP contribution in [0.2, 0.25) is 0 Å². The van der Waals surface area contributed by atoms with Gasteiger partial charge >= 0.3 is 0 Å². The minimum Gasteiger partial charge on any atom is -0.195 e. The van der Waals surface area contributed by atoms with Crippen molar-refractivity contribution >= 4 is 39.9 Å². The molecule has 0 aliphatic carbocycles. The molecule has 0 saturated heterocycles. The van der Waals surface area contributed by atoms with E-state index < -0.39 is 0 Å². The predicted octanol–water partition coefficient (Wildman–Crippen LogP) is 1.44. The summed E-state index contributed by atoms with van der Waals surface area (Å²) in [5.74, 6) is 0. The number of hydrogen-bond donors (Lipinski definition) is 0. The molecular weight excluding hydrogens is 190 g/mol. The van der Waals surface area contributed by atoms with E-state index >= 15 is 0 Å². The van der Waals surface area contributed by atoms with Gasteiger partial charge in [0.1, 0.15) is 7.85 Å². The number of rotatable bonds is 0. The highest BCUT2D eigenvalue weighted by molar-refractivity contribution is 9.10. The van der Waals surface area contributed by atoms with E-state index in [0.29, 0.717) is 9.25 Å². The van der Waals surface area contributed by atoms with Crippen LogP contribution >= 0.6 is 27.3 Å². The van der Waals surface area contributed by atoms with E-state index in [-0.39, 0.29) is 5.13 Å². The van der Waals surface area contributed by atoms with Gasteiger partial charge in [-0.3, -0.25) is 0 Å². The Morgan fingerprint density at radius 2 is 2.38 bits per heavy atom. The summed E-state index contributed by atoms with van der Waals surface area (Å²) in [4.78, 5) is 0. The Balaban J connectivity index is 3.14. The quantitative estimate of drug-likeness (QED) is 0.544. The lowest BCUT2D eigenvalue weighted by atomic mass is 10.1. The third kappa shape index (κ3) is 1.12. The molecule has 4 heteroatoms. The van der Waals surface area contributed by atoms with Crippen LogP contribution in [-0.2, 0) is 0 Å². The largest absolute Gasteiger partial charge is 0.195 e. The van der Waals surface area contributed by atoms with Gasteiger partial charge in [0.25, 0.3) is 0 Å². The molecule has 0 aliphatic heterocycles. The van der Waals surface area contributed by atoms with Gasteiger partial charge in [0.2, 0.25) is 0 Å². The Kier molecular flexibility index (Phi) is 1.72. The Hall–Kier alpha value is 0.175. The summed E-state index contributed by atoms with van der Waals surface area (Å²) in [7, 11) is 5.27. The molecule has 1 heterocycles. The predicted molar refractivity (Wildman–Crippen MR) is 37.4 cm³/mol. The molecule has 0 N–H and O–H groups in total. The standard InChI is InChI=1S/C4HBBrFS/c5-4-2(6)1-3(7)8-4/h1H. The molecule has 1 rings (SSSR count). The zero-order chi connectivity index (χ0) is 6.15. The normalized spacial score (nSPS) is 9.75. The third-order valence-corrected chi connectivity index (χ3v) is 2.35. The van der Waals surface area contributed by atoms with Crippen molar-refractivity contribution in [3.8, 4) is 0 Å². The average molecular weight is 191 g/mol. The van der Waals surface area contributed by atoms with Gasteiger partial charge in [0.05, 0.1) is 0 Å². The minimum absolute atomic E-state index is 0.255. The summed E-state index contributed by atoms with van der Waals surface area (Å²) in [6, 6.07) is 1.35. The Bertz CT molecular complexity index is 178. The van der Waals surface area contributed by atoms with Gasteiger partial charge in [-0.1, -0.05) is 15.9 Å². The van der Waals surface area contributed by atoms with Crippen molar-refractivity contribution < 1.29 is 4.39 Å². The van der Waals surface area contributed by atoms with Crippen LogP contribution in [0.4, 0.5) is 4.39 Å². The molecule has 0 unspecified atom stereocenters. The molecule has 0 aromatic carbocycles. The smallest absolute Gasteiger partial charge is 0.176 e.